The van der Waals surface area contributed by atoms with E-state index < -0.39 is 15.8 Å². The normalized spacial score (nSPS) is 20.7. The Balaban J connectivity index is 2.10. The minimum Gasteiger partial charge on any atom is -0.316 e. The molecule has 1 heterocycles. The highest BCUT2D eigenvalue weighted by Crippen LogP contribution is 2.18. The van der Waals surface area contributed by atoms with Crippen molar-refractivity contribution < 1.29 is 12.8 Å². The molecule has 1 atom stereocenters. The van der Waals surface area contributed by atoms with Crippen LogP contribution < -0.4 is 5.32 Å². The summed E-state index contributed by atoms with van der Waals surface area (Å²) in [7, 11) is -2.04. The molecule has 1 fully saturated rings. The highest BCUT2D eigenvalue weighted by atomic mass is 32.2. The van der Waals surface area contributed by atoms with Crippen molar-refractivity contribution >= 4 is 10.0 Å². The fourth-order valence-corrected chi connectivity index (χ4v) is 3.63. The van der Waals surface area contributed by atoms with Crippen LogP contribution in [0.1, 0.15) is 12.8 Å². The Morgan fingerprint density at radius 1 is 1.47 bits per heavy atom. The molecule has 106 valence electrons. The van der Waals surface area contributed by atoms with Gasteiger partial charge in [0, 0.05) is 13.6 Å². The van der Waals surface area contributed by atoms with Gasteiger partial charge in [-0.3, -0.25) is 0 Å². The lowest BCUT2D eigenvalue weighted by Crippen LogP contribution is -2.39. The molecule has 2 rings (SSSR count). The zero-order valence-electron chi connectivity index (χ0n) is 11.0. The SMILES string of the molecule is CN(CC1CCCNC1)S(=O)(=O)c1cccc(F)c1. The van der Waals surface area contributed by atoms with Crippen molar-refractivity contribution in [2.24, 2.45) is 5.92 Å². The Hall–Kier alpha value is -0.980. The summed E-state index contributed by atoms with van der Waals surface area (Å²) in [6, 6.07) is 5.14. The van der Waals surface area contributed by atoms with E-state index in [0.717, 1.165) is 32.0 Å². The molecule has 0 radical (unpaired) electrons. The maximum absolute atomic E-state index is 13.1. The average molecular weight is 286 g/mol. The van der Waals surface area contributed by atoms with Crippen molar-refractivity contribution in [3.8, 4) is 0 Å². The number of sulfonamides is 1. The van der Waals surface area contributed by atoms with Crippen LogP contribution in [0.25, 0.3) is 0 Å². The molecule has 1 aromatic rings. The molecule has 0 aromatic heterocycles. The summed E-state index contributed by atoms with van der Waals surface area (Å²) in [5.74, 6) is -0.212. The third kappa shape index (κ3) is 3.52. The number of halogens is 1. The molecule has 0 aliphatic carbocycles. The van der Waals surface area contributed by atoms with Crippen LogP contribution >= 0.6 is 0 Å². The summed E-state index contributed by atoms with van der Waals surface area (Å²) in [6.45, 7) is 2.30. The summed E-state index contributed by atoms with van der Waals surface area (Å²) < 4.78 is 39.0. The molecule has 0 bridgehead atoms. The highest BCUT2D eigenvalue weighted by Gasteiger charge is 2.24. The van der Waals surface area contributed by atoms with Crippen LogP contribution in [-0.2, 0) is 10.0 Å². The molecule has 4 nitrogen and oxygen atoms in total. The van der Waals surface area contributed by atoms with Crippen LogP contribution in [0, 0.1) is 11.7 Å². The zero-order chi connectivity index (χ0) is 13.9. The number of rotatable bonds is 4. The number of hydrogen-bond donors (Lipinski definition) is 1. The van der Waals surface area contributed by atoms with Gasteiger partial charge in [-0.15, -0.1) is 0 Å². The molecular weight excluding hydrogens is 267 g/mol. The molecule has 1 aromatic carbocycles. The molecule has 0 spiro atoms. The number of benzene rings is 1. The van der Waals surface area contributed by atoms with E-state index >= 15 is 0 Å². The first-order valence-corrected chi connectivity index (χ1v) is 7.87. The molecule has 1 aliphatic heterocycles. The van der Waals surface area contributed by atoms with E-state index in [-0.39, 0.29) is 4.90 Å². The van der Waals surface area contributed by atoms with Crippen molar-refractivity contribution in [2.75, 3.05) is 26.7 Å². The van der Waals surface area contributed by atoms with Crippen molar-refractivity contribution in [2.45, 2.75) is 17.7 Å². The van der Waals surface area contributed by atoms with Crippen molar-refractivity contribution in [1.29, 1.82) is 0 Å². The maximum Gasteiger partial charge on any atom is 0.242 e. The van der Waals surface area contributed by atoms with E-state index in [1.165, 1.54) is 22.5 Å². The molecule has 1 unspecified atom stereocenters. The summed E-state index contributed by atoms with van der Waals surface area (Å²) >= 11 is 0. The van der Waals surface area contributed by atoms with Crippen LogP contribution in [-0.4, -0.2) is 39.4 Å². The predicted molar refractivity (Wildman–Crippen MR) is 71.8 cm³/mol. The van der Waals surface area contributed by atoms with Crippen LogP contribution in [0.5, 0.6) is 0 Å². The van der Waals surface area contributed by atoms with E-state index in [1.54, 1.807) is 7.05 Å². The Labute approximate surface area is 113 Å². The molecule has 19 heavy (non-hydrogen) atoms. The fourth-order valence-electron chi connectivity index (χ4n) is 2.35. The van der Waals surface area contributed by atoms with E-state index in [0.29, 0.717) is 12.5 Å². The lowest BCUT2D eigenvalue weighted by atomic mass is 10.00. The second kappa shape index (κ2) is 5.98. The van der Waals surface area contributed by atoms with Gasteiger partial charge in [0.25, 0.3) is 0 Å². The van der Waals surface area contributed by atoms with Crippen LogP contribution in [0.2, 0.25) is 0 Å². The predicted octanol–water partition coefficient (Wildman–Crippen LogP) is 1.45. The van der Waals surface area contributed by atoms with Gasteiger partial charge in [0.1, 0.15) is 5.82 Å². The van der Waals surface area contributed by atoms with Gasteiger partial charge in [-0.05, 0) is 50.0 Å². The number of hydrogen-bond acceptors (Lipinski definition) is 3. The van der Waals surface area contributed by atoms with Crippen LogP contribution in [0.3, 0.4) is 0 Å². The lowest BCUT2D eigenvalue weighted by molar-refractivity contribution is 0.314. The minimum absolute atomic E-state index is 0.0127. The highest BCUT2D eigenvalue weighted by molar-refractivity contribution is 7.89. The third-order valence-corrected chi connectivity index (χ3v) is 5.24. The number of nitrogens with zero attached hydrogens (tertiary/aromatic N) is 1. The Morgan fingerprint density at radius 2 is 2.26 bits per heavy atom. The standard InChI is InChI=1S/C13H19FN2O2S/c1-16(10-11-4-3-7-15-9-11)19(17,18)13-6-2-5-12(14)8-13/h2,5-6,8,11,15H,3-4,7,9-10H2,1H3. The second-order valence-corrected chi connectivity index (χ2v) is 7.00. The smallest absolute Gasteiger partial charge is 0.242 e. The molecule has 0 amide bonds. The summed E-state index contributed by atoms with van der Waals surface area (Å²) in [6.07, 6.45) is 2.09. The van der Waals surface area contributed by atoms with E-state index in [1.807, 2.05) is 0 Å². The van der Waals surface area contributed by atoms with Crippen molar-refractivity contribution in [1.82, 2.24) is 9.62 Å². The minimum atomic E-state index is -3.60. The van der Waals surface area contributed by atoms with Gasteiger partial charge in [0.2, 0.25) is 10.0 Å². The Kier molecular flexibility index (Phi) is 4.54. The molecule has 1 N–H and O–H groups in total. The molecule has 0 saturated carbocycles. The van der Waals surface area contributed by atoms with Gasteiger partial charge in [0.05, 0.1) is 4.90 Å². The lowest BCUT2D eigenvalue weighted by Gasteiger charge is -2.27. The Morgan fingerprint density at radius 3 is 2.89 bits per heavy atom. The van der Waals surface area contributed by atoms with E-state index in [4.69, 9.17) is 0 Å². The van der Waals surface area contributed by atoms with Gasteiger partial charge < -0.3 is 5.32 Å². The largest absolute Gasteiger partial charge is 0.316 e. The third-order valence-electron chi connectivity index (χ3n) is 3.42. The van der Waals surface area contributed by atoms with Crippen molar-refractivity contribution in [3.63, 3.8) is 0 Å². The summed E-state index contributed by atoms with van der Waals surface area (Å²) in [5, 5.41) is 3.26. The first-order chi connectivity index (χ1) is 9.00. The number of nitrogens with one attached hydrogen (secondary N) is 1. The zero-order valence-corrected chi connectivity index (χ0v) is 11.8. The van der Waals surface area contributed by atoms with Crippen LogP contribution in [0.15, 0.2) is 29.2 Å². The average Bonchev–Trinajstić information content (AvgIpc) is 2.40. The van der Waals surface area contributed by atoms with Crippen molar-refractivity contribution in [3.05, 3.63) is 30.1 Å². The molecule has 1 aliphatic rings. The first-order valence-electron chi connectivity index (χ1n) is 6.43. The summed E-state index contributed by atoms with van der Waals surface area (Å²) in [4.78, 5) is 0.0127. The van der Waals surface area contributed by atoms with E-state index in [9.17, 15) is 12.8 Å². The molecule has 1 saturated heterocycles. The van der Waals surface area contributed by atoms with Gasteiger partial charge in [-0.25, -0.2) is 17.1 Å². The van der Waals surface area contributed by atoms with Gasteiger partial charge in [-0.2, -0.15) is 0 Å². The number of piperidine rings is 1. The second-order valence-electron chi connectivity index (χ2n) is 4.96. The van der Waals surface area contributed by atoms with Gasteiger partial charge >= 0.3 is 0 Å². The molecular formula is C13H19FN2O2S. The van der Waals surface area contributed by atoms with Crippen LogP contribution in [0.4, 0.5) is 4.39 Å². The molecule has 6 heteroatoms. The Bertz CT molecular complexity index is 527. The monoisotopic (exact) mass is 286 g/mol. The van der Waals surface area contributed by atoms with Gasteiger partial charge in [0.15, 0.2) is 0 Å². The fraction of sp³-hybridized carbons (Fsp3) is 0.538. The topological polar surface area (TPSA) is 49.4 Å². The van der Waals surface area contributed by atoms with Gasteiger partial charge in [-0.1, -0.05) is 6.07 Å². The quantitative estimate of drug-likeness (QED) is 0.911. The first kappa shape index (κ1) is 14.4. The van der Waals surface area contributed by atoms with E-state index in [2.05, 4.69) is 5.32 Å². The summed E-state index contributed by atoms with van der Waals surface area (Å²) in [5.41, 5.74) is 0. The maximum atomic E-state index is 13.1.